The molecule has 2 heterocycles. The molecule has 6 heteroatoms. The van der Waals surface area contributed by atoms with Gasteiger partial charge in [-0.05, 0) is 78.9 Å². The van der Waals surface area contributed by atoms with Crippen LogP contribution in [0.1, 0.15) is 70.2 Å². The molecule has 4 aliphatic rings. The number of hydrogen-bond acceptors (Lipinski definition) is 6. The molecule has 2 aromatic heterocycles. The SMILES string of the molecule is CC1(C)c2ccccc2-c2cccc(-c3ccccc3-c3nc(-c4ccccc4)nc(-c4ccc5c(c4)C4c6ccccc6C5c5cc(-c6nc(-c7ccccc7)nc(-c7ccccc7)n6)ccc54)n3)c21. The summed E-state index contributed by atoms with van der Waals surface area (Å²) >= 11 is 0. The van der Waals surface area contributed by atoms with Gasteiger partial charge in [-0.25, -0.2) is 29.9 Å². The largest absolute Gasteiger partial charge is 0.208 e. The van der Waals surface area contributed by atoms with Crippen LogP contribution in [0.25, 0.3) is 90.6 Å². The van der Waals surface area contributed by atoms with Crippen LogP contribution in [0.3, 0.4) is 0 Å². The van der Waals surface area contributed by atoms with E-state index in [1.54, 1.807) is 0 Å². The fourth-order valence-corrected chi connectivity index (χ4v) is 11.8. The van der Waals surface area contributed by atoms with Crippen LogP contribution in [0.2, 0.25) is 0 Å². The Balaban J connectivity index is 0.900. The van der Waals surface area contributed by atoms with Crippen molar-refractivity contribution in [3.63, 3.8) is 0 Å². The lowest BCUT2D eigenvalue weighted by Crippen LogP contribution is -2.27. The zero-order chi connectivity index (χ0) is 47.2. The predicted molar refractivity (Wildman–Crippen MR) is 284 cm³/mol. The van der Waals surface area contributed by atoms with E-state index in [0.29, 0.717) is 34.9 Å². The third-order valence-corrected chi connectivity index (χ3v) is 15.0. The molecule has 0 spiro atoms. The molecule has 71 heavy (non-hydrogen) atoms. The number of hydrogen-bond donors (Lipinski definition) is 0. The number of rotatable bonds is 7. The van der Waals surface area contributed by atoms with Crippen LogP contribution in [0, 0.1) is 0 Å². The van der Waals surface area contributed by atoms with E-state index in [0.717, 1.165) is 38.9 Å². The van der Waals surface area contributed by atoms with Crippen molar-refractivity contribution in [2.45, 2.75) is 31.1 Å². The second-order valence-electron chi connectivity index (χ2n) is 19.3. The minimum Gasteiger partial charge on any atom is -0.208 e. The van der Waals surface area contributed by atoms with Crippen LogP contribution in [0.4, 0.5) is 0 Å². The van der Waals surface area contributed by atoms with E-state index in [1.807, 2.05) is 54.6 Å². The van der Waals surface area contributed by atoms with Crippen molar-refractivity contribution in [3.8, 4) is 90.6 Å². The van der Waals surface area contributed by atoms with Gasteiger partial charge in [0.1, 0.15) is 0 Å². The molecule has 0 saturated carbocycles. The van der Waals surface area contributed by atoms with Crippen molar-refractivity contribution in [2.75, 3.05) is 0 Å². The summed E-state index contributed by atoms with van der Waals surface area (Å²) in [6.45, 7) is 4.69. The molecular formula is C65H44N6. The zero-order valence-corrected chi connectivity index (χ0v) is 39.1. The van der Waals surface area contributed by atoms with Crippen molar-refractivity contribution < 1.29 is 0 Å². The summed E-state index contributed by atoms with van der Waals surface area (Å²) in [6, 6.07) is 77.3. The summed E-state index contributed by atoms with van der Waals surface area (Å²) in [5.74, 6) is 3.89. The van der Waals surface area contributed by atoms with Crippen molar-refractivity contribution in [3.05, 3.63) is 263 Å². The van der Waals surface area contributed by atoms with E-state index in [1.165, 1.54) is 61.2 Å². The van der Waals surface area contributed by atoms with Gasteiger partial charge in [0.2, 0.25) is 0 Å². The first-order valence-corrected chi connectivity index (χ1v) is 24.3. The van der Waals surface area contributed by atoms with Gasteiger partial charge in [0, 0.05) is 50.6 Å². The van der Waals surface area contributed by atoms with Gasteiger partial charge in [-0.3, -0.25) is 0 Å². The highest BCUT2D eigenvalue weighted by Crippen LogP contribution is 2.57. The molecule has 0 radical (unpaired) electrons. The lowest BCUT2D eigenvalue weighted by atomic mass is 9.61. The standard InChI is InChI=1S/C65H44N6/c1-65(2)55-32-17-16-26-45(55)51-31-18-30-50(58(51)65)44-25-12-15-29-52(44)64-70-61(41-23-10-5-11-24-41)69-63(71-64)43-34-36-49-54(38-43)57-47-28-14-13-27-46(47)56(49)53-37-42(33-35-48(53)57)62-67-59(39-19-6-3-7-20-39)66-60(68-62)40-21-8-4-9-22-40/h3-38,56-57H,1-2H3. The first-order chi connectivity index (χ1) is 35.0. The van der Waals surface area contributed by atoms with Crippen LogP contribution < -0.4 is 0 Å². The van der Waals surface area contributed by atoms with E-state index in [9.17, 15) is 0 Å². The molecule has 334 valence electrons. The van der Waals surface area contributed by atoms with Gasteiger partial charge in [-0.1, -0.05) is 220 Å². The summed E-state index contributed by atoms with van der Waals surface area (Å²) in [5, 5.41) is 0. The molecule has 6 nitrogen and oxygen atoms in total. The highest BCUT2D eigenvalue weighted by molar-refractivity contribution is 5.92. The number of aromatic nitrogens is 6. The molecule has 0 aliphatic heterocycles. The molecule has 11 aromatic rings. The summed E-state index contributed by atoms with van der Waals surface area (Å²) in [5.41, 5.74) is 20.8. The number of nitrogens with zero attached hydrogens (tertiary/aromatic N) is 6. The van der Waals surface area contributed by atoms with Gasteiger partial charge in [-0.15, -0.1) is 0 Å². The average Bonchev–Trinajstić information content (AvgIpc) is 3.68. The first-order valence-electron chi connectivity index (χ1n) is 24.3. The molecule has 15 rings (SSSR count). The van der Waals surface area contributed by atoms with Crippen LogP contribution in [0.5, 0.6) is 0 Å². The Morgan fingerprint density at radius 2 is 0.620 bits per heavy atom. The zero-order valence-electron chi connectivity index (χ0n) is 39.1. The molecule has 0 fully saturated rings. The van der Waals surface area contributed by atoms with E-state index >= 15 is 0 Å². The van der Waals surface area contributed by atoms with E-state index in [4.69, 9.17) is 29.9 Å². The smallest absolute Gasteiger partial charge is 0.164 e. The number of benzene rings is 9. The van der Waals surface area contributed by atoms with Crippen LogP contribution in [-0.2, 0) is 5.41 Å². The molecule has 0 amide bonds. The van der Waals surface area contributed by atoms with Crippen molar-refractivity contribution in [2.24, 2.45) is 0 Å². The highest BCUT2D eigenvalue weighted by Gasteiger charge is 2.42. The van der Waals surface area contributed by atoms with Gasteiger partial charge >= 0.3 is 0 Å². The molecule has 2 unspecified atom stereocenters. The van der Waals surface area contributed by atoms with Gasteiger partial charge in [0.15, 0.2) is 34.9 Å². The van der Waals surface area contributed by atoms with Crippen LogP contribution in [-0.4, -0.2) is 29.9 Å². The van der Waals surface area contributed by atoms with Crippen LogP contribution >= 0.6 is 0 Å². The average molecular weight is 909 g/mol. The van der Waals surface area contributed by atoms with Crippen LogP contribution in [0.15, 0.2) is 218 Å². The Kier molecular flexibility index (Phi) is 9.27. The maximum Gasteiger partial charge on any atom is 0.164 e. The topological polar surface area (TPSA) is 77.3 Å². The fraction of sp³-hybridized carbons (Fsp3) is 0.0769. The first kappa shape index (κ1) is 41.0. The van der Waals surface area contributed by atoms with E-state index in [2.05, 4.69) is 178 Å². The molecule has 0 saturated heterocycles. The van der Waals surface area contributed by atoms with Gasteiger partial charge in [0.25, 0.3) is 0 Å². The van der Waals surface area contributed by atoms with E-state index in [-0.39, 0.29) is 17.3 Å². The summed E-state index contributed by atoms with van der Waals surface area (Å²) < 4.78 is 0. The Bertz CT molecular complexity index is 3860. The quantitative estimate of drug-likeness (QED) is 0.159. The maximum absolute atomic E-state index is 5.42. The lowest BCUT2D eigenvalue weighted by molar-refractivity contribution is 0.662. The molecule has 2 bridgehead atoms. The van der Waals surface area contributed by atoms with E-state index < -0.39 is 0 Å². The molecule has 2 atom stereocenters. The van der Waals surface area contributed by atoms with Gasteiger partial charge in [0.05, 0.1) is 0 Å². The van der Waals surface area contributed by atoms with Crippen molar-refractivity contribution in [1.82, 2.24) is 29.9 Å². The fourth-order valence-electron chi connectivity index (χ4n) is 11.8. The van der Waals surface area contributed by atoms with Gasteiger partial charge in [-0.2, -0.15) is 0 Å². The molecular weight excluding hydrogens is 865 g/mol. The summed E-state index contributed by atoms with van der Waals surface area (Å²) in [4.78, 5) is 31.2. The highest BCUT2D eigenvalue weighted by atomic mass is 15.0. The normalized spacial score (nSPS) is 15.3. The second-order valence-corrected chi connectivity index (χ2v) is 19.3. The third-order valence-electron chi connectivity index (χ3n) is 15.0. The summed E-state index contributed by atoms with van der Waals surface area (Å²) in [7, 11) is 0. The molecule has 0 N–H and O–H groups in total. The Morgan fingerprint density at radius 3 is 1.11 bits per heavy atom. The van der Waals surface area contributed by atoms with Gasteiger partial charge < -0.3 is 0 Å². The predicted octanol–water partition coefficient (Wildman–Crippen LogP) is 15.0. The molecule has 4 aliphatic carbocycles. The second kappa shape index (κ2) is 16.0. The molecule has 9 aromatic carbocycles. The Labute approximate surface area is 412 Å². The maximum atomic E-state index is 5.42. The van der Waals surface area contributed by atoms with Crippen molar-refractivity contribution in [1.29, 1.82) is 0 Å². The third kappa shape index (κ3) is 6.55. The number of fused-ring (bicyclic) bond motifs is 3. The monoisotopic (exact) mass is 908 g/mol. The minimum absolute atomic E-state index is 0.0107. The minimum atomic E-state index is -0.193. The Morgan fingerprint density at radius 1 is 0.268 bits per heavy atom. The lowest BCUT2D eigenvalue weighted by Gasteiger charge is -2.42. The summed E-state index contributed by atoms with van der Waals surface area (Å²) in [6.07, 6.45) is 0. The Hall–Kier alpha value is -9.00. The van der Waals surface area contributed by atoms with Crippen molar-refractivity contribution >= 4 is 0 Å².